The summed E-state index contributed by atoms with van der Waals surface area (Å²) in [6.07, 6.45) is 5.80. The van der Waals surface area contributed by atoms with Gasteiger partial charge in [0.2, 0.25) is 0 Å². The number of rotatable bonds is 5. The van der Waals surface area contributed by atoms with Crippen LogP contribution in [0.15, 0.2) is 60.7 Å². The number of tetrazole rings is 1. The molecule has 1 fully saturated rings. The lowest BCUT2D eigenvalue weighted by molar-refractivity contribution is 0.214. The molecule has 3 aromatic rings. The predicted octanol–water partition coefficient (Wildman–Crippen LogP) is 3.61. The van der Waals surface area contributed by atoms with Crippen molar-refractivity contribution in [3.63, 3.8) is 0 Å². The zero-order chi connectivity index (χ0) is 17.0. The van der Waals surface area contributed by atoms with Gasteiger partial charge in [0.15, 0.2) is 5.82 Å². The van der Waals surface area contributed by atoms with E-state index in [1.165, 1.54) is 24.8 Å². The van der Waals surface area contributed by atoms with Crippen molar-refractivity contribution in [3.05, 3.63) is 72.1 Å². The normalized spacial score (nSPS) is 16.6. The van der Waals surface area contributed by atoms with Crippen molar-refractivity contribution in [3.8, 4) is 5.69 Å². The molecule has 4 rings (SSSR count). The number of hydrogen-bond acceptors (Lipinski definition) is 4. The van der Waals surface area contributed by atoms with Crippen LogP contribution in [0.25, 0.3) is 5.69 Å². The Morgan fingerprint density at radius 2 is 1.56 bits per heavy atom. The lowest BCUT2D eigenvalue weighted by Crippen LogP contribution is -2.45. The van der Waals surface area contributed by atoms with Gasteiger partial charge in [0.05, 0.1) is 11.2 Å². The van der Waals surface area contributed by atoms with E-state index in [1.54, 1.807) is 0 Å². The van der Waals surface area contributed by atoms with Gasteiger partial charge >= 0.3 is 0 Å². The molecule has 0 radical (unpaired) electrons. The molecule has 1 aliphatic rings. The maximum Gasteiger partial charge on any atom is 0.176 e. The molecule has 5 nitrogen and oxygen atoms in total. The van der Waals surface area contributed by atoms with Gasteiger partial charge in [0.25, 0.3) is 0 Å². The molecule has 25 heavy (non-hydrogen) atoms. The maximum atomic E-state index is 4.44. The van der Waals surface area contributed by atoms with E-state index in [1.807, 2.05) is 35.0 Å². The molecule has 1 heterocycles. The average molecular weight is 333 g/mol. The van der Waals surface area contributed by atoms with Crippen LogP contribution in [0.5, 0.6) is 0 Å². The van der Waals surface area contributed by atoms with Crippen molar-refractivity contribution < 1.29 is 0 Å². The third-order valence-electron chi connectivity index (χ3n) is 5.08. The summed E-state index contributed by atoms with van der Waals surface area (Å²) in [5.74, 6) is 0.925. The van der Waals surface area contributed by atoms with Gasteiger partial charge in [-0.25, -0.2) is 0 Å². The number of benzene rings is 2. The summed E-state index contributed by atoms with van der Waals surface area (Å²) in [5, 5.41) is 16.5. The smallest absolute Gasteiger partial charge is 0.176 e. The summed E-state index contributed by atoms with van der Waals surface area (Å²) in [6.45, 7) is 0.822. The molecule has 0 saturated heterocycles. The van der Waals surface area contributed by atoms with Gasteiger partial charge in [-0.2, -0.15) is 4.68 Å². The number of aromatic nitrogens is 4. The zero-order valence-electron chi connectivity index (χ0n) is 14.3. The summed E-state index contributed by atoms with van der Waals surface area (Å²) in [7, 11) is 0. The highest BCUT2D eigenvalue weighted by atomic mass is 15.6. The molecular formula is C20H23N5. The predicted molar refractivity (Wildman–Crippen MR) is 97.2 cm³/mol. The summed E-state index contributed by atoms with van der Waals surface area (Å²) >= 11 is 0. The minimum atomic E-state index is -0.173. The second-order valence-corrected chi connectivity index (χ2v) is 6.73. The first kappa shape index (κ1) is 16.0. The van der Waals surface area contributed by atoms with Crippen LogP contribution < -0.4 is 5.32 Å². The van der Waals surface area contributed by atoms with E-state index in [0.717, 1.165) is 30.9 Å². The van der Waals surface area contributed by atoms with Crippen molar-refractivity contribution in [1.29, 1.82) is 0 Å². The average Bonchev–Trinajstić information content (AvgIpc) is 3.19. The van der Waals surface area contributed by atoms with Crippen LogP contribution in [0.3, 0.4) is 0 Å². The summed E-state index contributed by atoms with van der Waals surface area (Å²) in [6, 6.07) is 20.7. The molecule has 0 atom stereocenters. The number of nitrogens with one attached hydrogen (secondary N) is 1. The molecule has 0 unspecified atom stereocenters. The molecule has 5 heteroatoms. The van der Waals surface area contributed by atoms with Gasteiger partial charge in [-0.15, -0.1) is 5.10 Å². The highest BCUT2D eigenvalue weighted by Crippen LogP contribution is 2.36. The molecule has 0 amide bonds. The molecule has 0 bridgehead atoms. The molecule has 128 valence electrons. The highest BCUT2D eigenvalue weighted by Gasteiger charge is 2.38. The van der Waals surface area contributed by atoms with Crippen molar-refractivity contribution in [1.82, 2.24) is 25.5 Å². The van der Waals surface area contributed by atoms with Crippen LogP contribution >= 0.6 is 0 Å². The molecule has 2 aromatic carbocycles. The van der Waals surface area contributed by atoms with Crippen LogP contribution in [-0.2, 0) is 12.1 Å². The first-order valence-electron chi connectivity index (χ1n) is 9.01. The Morgan fingerprint density at radius 3 is 2.28 bits per heavy atom. The SMILES string of the molecule is c1ccc(CNC2(c3nnnn3-c3ccccc3)CCCCC2)cc1. The minimum absolute atomic E-state index is 0.173. The van der Waals surface area contributed by atoms with Gasteiger partial charge in [0.1, 0.15) is 0 Å². The van der Waals surface area contributed by atoms with Gasteiger partial charge < -0.3 is 5.32 Å². The van der Waals surface area contributed by atoms with E-state index < -0.39 is 0 Å². The molecule has 1 aromatic heterocycles. The third-order valence-corrected chi connectivity index (χ3v) is 5.08. The Balaban J connectivity index is 1.67. The Morgan fingerprint density at radius 1 is 0.880 bits per heavy atom. The van der Waals surface area contributed by atoms with Crippen LogP contribution in [0.2, 0.25) is 0 Å². The maximum absolute atomic E-state index is 4.44. The fraction of sp³-hybridized carbons (Fsp3) is 0.350. The van der Waals surface area contributed by atoms with Crippen LogP contribution in [-0.4, -0.2) is 20.2 Å². The molecular weight excluding hydrogens is 310 g/mol. The Bertz CT molecular complexity index is 791. The number of hydrogen-bond donors (Lipinski definition) is 1. The van der Waals surface area contributed by atoms with E-state index in [4.69, 9.17) is 0 Å². The zero-order valence-corrected chi connectivity index (χ0v) is 14.3. The Kier molecular flexibility index (Phi) is 4.57. The van der Waals surface area contributed by atoms with Crippen LogP contribution in [0.4, 0.5) is 0 Å². The summed E-state index contributed by atoms with van der Waals surface area (Å²) in [5.41, 5.74) is 2.12. The number of para-hydroxylation sites is 1. The lowest BCUT2D eigenvalue weighted by atomic mass is 9.80. The van der Waals surface area contributed by atoms with E-state index in [2.05, 4.69) is 51.2 Å². The largest absolute Gasteiger partial charge is 0.301 e. The fourth-order valence-corrected chi connectivity index (χ4v) is 3.73. The highest BCUT2D eigenvalue weighted by molar-refractivity contribution is 5.32. The third kappa shape index (κ3) is 3.33. The first-order valence-corrected chi connectivity index (χ1v) is 9.01. The van der Waals surface area contributed by atoms with Crippen LogP contribution in [0.1, 0.15) is 43.5 Å². The minimum Gasteiger partial charge on any atom is -0.301 e. The van der Waals surface area contributed by atoms with E-state index in [-0.39, 0.29) is 5.54 Å². The Hall–Kier alpha value is -2.53. The molecule has 0 spiro atoms. The quantitative estimate of drug-likeness (QED) is 0.775. The van der Waals surface area contributed by atoms with Gasteiger partial charge in [-0.05, 0) is 41.0 Å². The van der Waals surface area contributed by atoms with Gasteiger partial charge in [-0.3, -0.25) is 0 Å². The second kappa shape index (κ2) is 7.15. The van der Waals surface area contributed by atoms with Crippen molar-refractivity contribution in [2.24, 2.45) is 0 Å². The molecule has 0 aliphatic heterocycles. The fourth-order valence-electron chi connectivity index (χ4n) is 3.73. The first-order chi connectivity index (χ1) is 12.4. The summed E-state index contributed by atoms with van der Waals surface area (Å²) < 4.78 is 1.89. The lowest BCUT2D eigenvalue weighted by Gasteiger charge is -2.37. The van der Waals surface area contributed by atoms with E-state index in [0.29, 0.717) is 0 Å². The second-order valence-electron chi connectivity index (χ2n) is 6.73. The molecule has 1 N–H and O–H groups in total. The van der Waals surface area contributed by atoms with E-state index >= 15 is 0 Å². The van der Waals surface area contributed by atoms with Crippen molar-refractivity contribution >= 4 is 0 Å². The summed E-state index contributed by atoms with van der Waals surface area (Å²) in [4.78, 5) is 0. The van der Waals surface area contributed by atoms with Gasteiger partial charge in [-0.1, -0.05) is 67.8 Å². The molecule has 1 saturated carbocycles. The number of nitrogens with zero attached hydrogens (tertiary/aromatic N) is 4. The monoisotopic (exact) mass is 333 g/mol. The molecule has 1 aliphatic carbocycles. The standard InChI is InChI=1S/C20H23N5/c1-4-10-17(11-5-1)16-21-20(14-8-3-9-15-20)19-22-23-24-25(19)18-12-6-2-7-13-18/h1-2,4-7,10-13,21H,3,8-9,14-16H2. The van der Waals surface area contributed by atoms with E-state index in [9.17, 15) is 0 Å². The Labute approximate surface area is 148 Å². The van der Waals surface area contributed by atoms with Crippen molar-refractivity contribution in [2.45, 2.75) is 44.2 Å². The van der Waals surface area contributed by atoms with Crippen LogP contribution in [0, 0.1) is 0 Å². The van der Waals surface area contributed by atoms with Crippen molar-refractivity contribution in [2.75, 3.05) is 0 Å². The topological polar surface area (TPSA) is 55.6 Å². The van der Waals surface area contributed by atoms with Gasteiger partial charge in [0, 0.05) is 6.54 Å².